The predicted molar refractivity (Wildman–Crippen MR) is 94.6 cm³/mol. The molecular weight excluding hydrogens is 339 g/mol. The molecule has 0 spiro atoms. The van der Waals surface area contributed by atoms with Crippen molar-refractivity contribution in [2.75, 3.05) is 0 Å². The van der Waals surface area contributed by atoms with Gasteiger partial charge in [0.05, 0.1) is 5.56 Å². The minimum Gasteiger partial charge on any atom is -0.436 e. The molecule has 4 aromatic rings. The second kappa shape index (κ2) is 6.02. The standard InChI is InChI=1S/C21H14F3NO/c1-13-7-10-19-18(11-13)25-20(26-19)15-8-9-16(14-5-3-2-4-6-14)17(12-15)21(22,23)24/h2-12H,1H3. The third-order valence-corrected chi connectivity index (χ3v) is 4.20. The van der Waals surface area contributed by atoms with Crippen molar-refractivity contribution < 1.29 is 17.6 Å². The van der Waals surface area contributed by atoms with E-state index in [9.17, 15) is 13.2 Å². The van der Waals surface area contributed by atoms with Gasteiger partial charge >= 0.3 is 6.18 Å². The molecule has 0 bridgehead atoms. The predicted octanol–water partition coefficient (Wildman–Crippen LogP) is 6.49. The van der Waals surface area contributed by atoms with Gasteiger partial charge < -0.3 is 4.42 Å². The van der Waals surface area contributed by atoms with Crippen molar-refractivity contribution in [3.05, 3.63) is 77.9 Å². The molecule has 0 fully saturated rings. The lowest BCUT2D eigenvalue weighted by Crippen LogP contribution is -2.07. The summed E-state index contributed by atoms with van der Waals surface area (Å²) in [6.07, 6.45) is -4.48. The minimum absolute atomic E-state index is 0.133. The van der Waals surface area contributed by atoms with Crippen LogP contribution in [0.4, 0.5) is 13.2 Å². The molecule has 0 N–H and O–H groups in total. The number of halogens is 3. The van der Waals surface area contributed by atoms with Crippen LogP contribution in [0.5, 0.6) is 0 Å². The fourth-order valence-corrected chi connectivity index (χ4v) is 2.94. The maximum atomic E-state index is 13.6. The highest BCUT2D eigenvalue weighted by molar-refractivity contribution is 5.78. The van der Waals surface area contributed by atoms with E-state index < -0.39 is 11.7 Å². The van der Waals surface area contributed by atoms with E-state index in [-0.39, 0.29) is 11.5 Å². The number of benzene rings is 3. The molecule has 0 saturated carbocycles. The summed E-state index contributed by atoms with van der Waals surface area (Å²) in [4.78, 5) is 4.34. The van der Waals surface area contributed by atoms with Gasteiger partial charge in [-0.05, 0) is 47.9 Å². The molecule has 1 heterocycles. The molecule has 130 valence electrons. The van der Waals surface area contributed by atoms with Crippen molar-refractivity contribution in [3.63, 3.8) is 0 Å². The fraction of sp³-hybridized carbons (Fsp3) is 0.0952. The Morgan fingerprint density at radius 1 is 0.846 bits per heavy atom. The van der Waals surface area contributed by atoms with Crippen molar-refractivity contribution in [2.45, 2.75) is 13.1 Å². The van der Waals surface area contributed by atoms with Gasteiger partial charge in [0.1, 0.15) is 5.52 Å². The summed E-state index contributed by atoms with van der Waals surface area (Å²) < 4.78 is 46.6. The van der Waals surface area contributed by atoms with Crippen LogP contribution in [-0.2, 0) is 6.18 Å². The largest absolute Gasteiger partial charge is 0.436 e. The molecular formula is C21H14F3NO. The van der Waals surface area contributed by atoms with E-state index in [1.54, 1.807) is 42.5 Å². The highest BCUT2D eigenvalue weighted by Gasteiger charge is 2.34. The van der Waals surface area contributed by atoms with E-state index >= 15 is 0 Å². The number of hydrogen-bond acceptors (Lipinski definition) is 2. The van der Waals surface area contributed by atoms with Gasteiger partial charge in [-0.25, -0.2) is 4.98 Å². The molecule has 0 atom stereocenters. The van der Waals surface area contributed by atoms with Crippen LogP contribution < -0.4 is 0 Å². The first-order valence-corrected chi connectivity index (χ1v) is 8.06. The van der Waals surface area contributed by atoms with E-state index in [4.69, 9.17) is 4.42 Å². The van der Waals surface area contributed by atoms with Gasteiger partial charge in [0.15, 0.2) is 5.58 Å². The molecule has 1 aromatic heterocycles. The van der Waals surface area contributed by atoms with Gasteiger partial charge in [0, 0.05) is 5.56 Å². The lowest BCUT2D eigenvalue weighted by Gasteiger charge is -2.14. The summed E-state index contributed by atoms with van der Waals surface area (Å²) in [6, 6.07) is 18.2. The van der Waals surface area contributed by atoms with Crippen LogP contribution >= 0.6 is 0 Å². The van der Waals surface area contributed by atoms with E-state index in [1.807, 2.05) is 19.1 Å². The Balaban J connectivity index is 1.87. The lowest BCUT2D eigenvalue weighted by atomic mass is 9.97. The minimum atomic E-state index is -4.48. The number of fused-ring (bicyclic) bond motifs is 1. The Hall–Kier alpha value is -3.08. The van der Waals surface area contributed by atoms with Crippen molar-refractivity contribution in [3.8, 4) is 22.6 Å². The summed E-state index contributed by atoms with van der Waals surface area (Å²) in [5, 5.41) is 0. The zero-order valence-corrected chi connectivity index (χ0v) is 13.8. The Bertz CT molecular complexity index is 1080. The maximum Gasteiger partial charge on any atom is 0.417 e. The second-order valence-corrected chi connectivity index (χ2v) is 6.11. The number of alkyl halides is 3. The summed E-state index contributed by atoms with van der Waals surface area (Å²) in [5.41, 5.74) is 2.42. The Morgan fingerprint density at radius 2 is 1.62 bits per heavy atom. The Labute approximate surface area is 147 Å². The molecule has 2 nitrogen and oxygen atoms in total. The number of hydrogen-bond donors (Lipinski definition) is 0. The lowest BCUT2D eigenvalue weighted by molar-refractivity contribution is -0.137. The summed E-state index contributed by atoms with van der Waals surface area (Å²) >= 11 is 0. The molecule has 5 heteroatoms. The third kappa shape index (κ3) is 2.96. The monoisotopic (exact) mass is 353 g/mol. The Morgan fingerprint density at radius 3 is 2.35 bits per heavy atom. The van der Waals surface area contributed by atoms with Gasteiger partial charge in [-0.3, -0.25) is 0 Å². The van der Waals surface area contributed by atoms with Crippen LogP contribution in [0.15, 0.2) is 71.1 Å². The topological polar surface area (TPSA) is 26.0 Å². The van der Waals surface area contributed by atoms with E-state index in [0.29, 0.717) is 22.2 Å². The summed E-state index contributed by atoms with van der Waals surface area (Å²) in [7, 11) is 0. The van der Waals surface area contributed by atoms with E-state index in [0.717, 1.165) is 11.6 Å². The molecule has 0 radical (unpaired) electrons. The SMILES string of the molecule is Cc1ccc2oc(-c3ccc(-c4ccccc4)c(C(F)(F)F)c3)nc2c1. The van der Waals surface area contributed by atoms with Gasteiger partial charge in [0.25, 0.3) is 0 Å². The normalized spacial score (nSPS) is 11.8. The van der Waals surface area contributed by atoms with Crippen LogP contribution in [0, 0.1) is 6.92 Å². The third-order valence-electron chi connectivity index (χ3n) is 4.20. The number of oxazole rings is 1. The molecule has 3 aromatic carbocycles. The van der Waals surface area contributed by atoms with Crippen LogP contribution in [0.3, 0.4) is 0 Å². The fourth-order valence-electron chi connectivity index (χ4n) is 2.94. The number of aryl methyl sites for hydroxylation is 1. The molecule has 0 unspecified atom stereocenters. The first kappa shape index (κ1) is 16.4. The van der Waals surface area contributed by atoms with Crippen molar-refractivity contribution >= 4 is 11.1 Å². The highest BCUT2D eigenvalue weighted by atomic mass is 19.4. The number of nitrogens with zero attached hydrogens (tertiary/aromatic N) is 1. The average molecular weight is 353 g/mol. The smallest absolute Gasteiger partial charge is 0.417 e. The van der Waals surface area contributed by atoms with Crippen molar-refractivity contribution in [1.82, 2.24) is 4.98 Å². The molecule has 0 aliphatic carbocycles. The average Bonchev–Trinajstić information content (AvgIpc) is 3.04. The molecule has 26 heavy (non-hydrogen) atoms. The molecule has 4 rings (SSSR count). The maximum absolute atomic E-state index is 13.6. The van der Waals surface area contributed by atoms with E-state index in [1.165, 1.54) is 6.07 Å². The van der Waals surface area contributed by atoms with Crippen LogP contribution in [0.1, 0.15) is 11.1 Å². The van der Waals surface area contributed by atoms with Crippen LogP contribution in [0.2, 0.25) is 0 Å². The van der Waals surface area contributed by atoms with Crippen molar-refractivity contribution in [1.29, 1.82) is 0 Å². The molecule has 0 aliphatic heterocycles. The van der Waals surface area contributed by atoms with Gasteiger partial charge in [-0.15, -0.1) is 0 Å². The number of rotatable bonds is 2. The van der Waals surface area contributed by atoms with Gasteiger partial charge in [-0.2, -0.15) is 13.2 Å². The second-order valence-electron chi connectivity index (χ2n) is 6.11. The molecule has 0 aliphatic rings. The summed E-state index contributed by atoms with van der Waals surface area (Å²) in [5.74, 6) is 0.177. The number of aromatic nitrogens is 1. The molecule has 0 amide bonds. The van der Waals surface area contributed by atoms with Crippen LogP contribution in [0.25, 0.3) is 33.7 Å². The zero-order valence-electron chi connectivity index (χ0n) is 13.8. The van der Waals surface area contributed by atoms with Gasteiger partial charge in [0.2, 0.25) is 5.89 Å². The first-order chi connectivity index (χ1) is 12.4. The highest BCUT2D eigenvalue weighted by Crippen LogP contribution is 2.39. The van der Waals surface area contributed by atoms with E-state index in [2.05, 4.69) is 4.98 Å². The van der Waals surface area contributed by atoms with Gasteiger partial charge in [-0.1, -0.05) is 42.5 Å². The Kier molecular flexibility index (Phi) is 3.80. The quantitative estimate of drug-likeness (QED) is 0.412. The van der Waals surface area contributed by atoms with Crippen LogP contribution in [-0.4, -0.2) is 4.98 Å². The zero-order chi connectivity index (χ0) is 18.3. The summed E-state index contributed by atoms with van der Waals surface area (Å²) in [6.45, 7) is 1.92. The first-order valence-electron chi connectivity index (χ1n) is 8.06. The molecule has 0 saturated heterocycles. The van der Waals surface area contributed by atoms with Crippen molar-refractivity contribution in [2.24, 2.45) is 0 Å².